The number of phenolic OH excluding ortho intramolecular Hbond substituents is 2. The van der Waals surface area contributed by atoms with E-state index in [2.05, 4.69) is 15.6 Å². The number of esters is 1. The number of hydrogen-bond acceptors (Lipinski definition) is 13. The number of nitrogens with one attached hydrogen (secondary N) is 2. The molecule has 5 rings (SSSR count). The van der Waals surface area contributed by atoms with Crippen LogP contribution in [0.25, 0.3) is 10.8 Å². The Bertz CT molecular complexity index is 2020. The van der Waals surface area contributed by atoms with Gasteiger partial charge in [-0.2, -0.15) is 0 Å². The summed E-state index contributed by atoms with van der Waals surface area (Å²) >= 11 is 0. The molecular weight excluding hydrogens is 710 g/mol. The number of anilines is 2. The van der Waals surface area contributed by atoms with Gasteiger partial charge < -0.3 is 50.0 Å². The maximum absolute atomic E-state index is 14.5. The molecule has 0 radical (unpaired) electrons. The smallest absolute Gasteiger partial charge is 0.312 e. The zero-order valence-corrected chi connectivity index (χ0v) is 33.2. The summed E-state index contributed by atoms with van der Waals surface area (Å²) in [6, 6.07) is 0. The number of ketones is 1. The van der Waals surface area contributed by atoms with Crippen molar-refractivity contribution in [1.82, 2.24) is 0 Å². The van der Waals surface area contributed by atoms with E-state index >= 15 is 0 Å². The van der Waals surface area contributed by atoms with Gasteiger partial charge in [0.2, 0.25) is 0 Å². The molecule has 6 N–H and O–H groups in total. The minimum Gasteiger partial charge on any atom is -0.507 e. The van der Waals surface area contributed by atoms with Crippen molar-refractivity contribution in [2.45, 2.75) is 105 Å². The summed E-state index contributed by atoms with van der Waals surface area (Å²) in [5.41, 5.74) is -0.0262. The van der Waals surface area contributed by atoms with Gasteiger partial charge in [-0.15, -0.1) is 0 Å². The zero-order valence-electron chi connectivity index (χ0n) is 33.2. The van der Waals surface area contributed by atoms with Gasteiger partial charge in [-0.05, 0) is 33.8 Å². The number of rotatable bonds is 2. The summed E-state index contributed by atoms with van der Waals surface area (Å²) in [5.74, 6) is -6.94. The van der Waals surface area contributed by atoms with Gasteiger partial charge in [-0.25, -0.2) is 0 Å². The second kappa shape index (κ2) is 15.3. The second-order valence-electron chi connectivity index (χ2n) is 15.7. The van der Waals surface area contributed by atoms with E-state index in [-0.39, 0.29) is 56.0 Å². The summed E-state index contributed by atoms with van der Waals surface area (Å²) in [7, 11) is 1.46. The van der Waals surface area contributed by atoms with E-state index in [1.807, 2.05) is 13.8 Å². The quantitative estimate of drug-likeness (QED) is 0.119. The van der Waals surface area contributed by atoms with Crippen LogP contribution in [-0.2, 0) is 23.8 Å². The van der Waals surface area contributed by atoms with Crippen LogP contribution in [0, 0.1) is 30.6 Å². The molecule has 3 heterocycles. The lowest BCUT2D eigenvalue weighted by molar-refractivity contribution is -0.160. The molecule has 0 unspecified atom stereocenters. The average molecular weight is 764 g/mol. The number of benzene rings is 2. The molecule has 1 amide bonds. The van der Waals surface area contributed by atoms with Crippen molar-refractivity contribution in [2.24, 2.45) is 28.7 Å². The summed E-state index contributed by atoms with van der Waals surface area (Å²) < 4.78 is 23.7. The zero-order chi connectivity index (χ0) is 40.9. The number of nitrogens with zero attached hydrogens (tertiary/aromatic N) is 1. The fraction of sp³-hybridized carbons (Fsp3) is 0.512. The molecule has 4 bridgehead atoms. The van der Waals surface area contributed by atoms with Crippen molar-refractivity contribution in [2.75, 3.05) is 17.7 Å². The van der Waals surface area contributed by atoms with E-state index < -0.39 is 82.8 Å². The van der Waals surface area contributed by atoms with Crippen LogP contribution in [0.3, 0.4) is 0 Å². The van der Waals surface area contributed by atoms with Crippen LogP contribution in [-0.4, -0.2) is 87.2 Å². The number of ether oxygens (including phenoxy) is 4. The molecule has 14 heteroatoms. The number of aliphatic hydroxyl groups is 2. The summed E-state index contributed by atoms with van der Waals surface area (Å²) in [6.07, 6.45) is 5.48. The third-order valence-corrected chi connectivity index (χ3v) is 11.0. The first kappa shape index (κ1) is 41.2. The van der Waals surface area contributed by atoms with Crippen molar-refractivity contribution in [3.63, 3.8) is 0 Å². The highest BCUT2D eigenvalue weighted by molar-refractivity contribution is 6.26. The maximum Gasteiger partial charge on any atom is 0.312 e. The van der Waals surface area contributed by atoms with E-state index in [0.717, 1.165) is 0 Å². The molecule has 0 saturated heterocycles. The first-order valence-electron chi connectivity index (χ1n) is 18.4. The van der Waals surface area contributed by atoms with Gasteiger partial charge in [0.25, 0.3) is 11.7 Å². The van der Waals surface area contributed by atoms with E-state index in [1.165, 1.54) is 46.3 Å². The van der Waals surface area contributed by atoms with Crippen molar-refractivity contribution >= 4 is 51.7 Å². The number of allylic oxidation sites excluding steroid dienone is 2. The standard InChI is InChI=1S/C41H53N3O11/c1-18-13-12-14-19(2)39(51)43-31-30-29(44-40(8,9)17-42-30)26-27(35(31)49)34(48)23(6)37-28(26)38(50)41(10,55-37)53-16-15-25(52-11)20(3)36(54-24(7)45)22(5)33(47)21(4)32(18)46/h12-18,20-22,25,32-33,36,44,46-49H,1-11H3,(H,43,51)/t18-,20+,21+,22+,25-,32-,33+,36+,41-/m0/s1. The molecule has 55 heavy (non-hydrogen) atoms. The molecule has 0 saturated carbocycles. The van der Waals surface area contributed by atoms with Gasteiger partial charge >= 0.3 is 11.8 Å². The number of carbonyl (C=O) groups excluding carboxylic acids is 3. The van der Waals surface area contributed by atoms with E-state index in [4.69, 9.17) is 18.9 Å². The Hall–Kier alpha value is -4.92. The van der Waals surface area contributed by atoms with E-state index in [9.17, 15) is 34.8 Å². The molecule has 14 nitrogen and oxygen atoms in total. The largest absolute Gasteiger partial charge is 0.507 e. The lowest BCUT2D eigenvalue weighted by Gasteiger charge is -2.38. The molecule has 3 aliphatic heterocycles. The van der Waals surface area contributed by atoms with Gasteiger partial charge in [0.1, 0.15) is 29.0 Å². The highest BCUT2D eigenvalue weighted by Gasteiger charge is 2.50. The van der Waals surface area contributed by atoms with E-state index in [0.29, 0.717) is 0 Å². The molecule has 0 aromatic heterocycles. The van der Waals surface area contributed by atoms with Crippen molar-refractivity contribution < 1.29 is 53.8 Å². The van der Waals surface area contributed by atoms with Crippen molar-refractivity contribution in [1.29, 1.82) is 0 Å². The van der Waals surface area contributed by atoms with Gasteiger partial charge in [-0.3, -0.25) is 19.4 Å². The number of phenols is 2. The van der Waals surface area contributed by atoms with Gasteiger partial charge in [0.05, 0.1) is 46.7 Å². The SMILES string of the molecule is CO[C@H]1C=CO[C@@]2(C)Oc3c(C)c(O)c4c(O)c(c5c(c4c3C2=O)NC(C)(C)C=N5)NC(=O)C(C)=CC=C[C@H](C)[C@H](O)[C@@H](C)[C@@H](O)[C@@H](C)[C@H](OC(C)=O)[C@@H]1C. The third kappa shape index (κ3) is 7.54. The third-order valence-electron chi connectivity index (χ3n) is 11.0. The highest BCUT2D eigenvalue weighted by atomic mass is 16.7. The van der Waals surface area contributed by atoms with Gasteiger partial charge in [0, 0.05) is 67.4 Å². The molecule has 2 aromatic rings. The molecule has 0 fully saturated rings. The van der Waals surface area contributed by atoms with Crippen LogP contribution in [0.4, 0.5) is 17.1 Å². The first-order chi connectivity index (χ1) is 25.7. The van der Waals surface area contributed by atoms with Crippen LogP contribution in [0.1, 0.15) is 78.2 Å². The number of amides is 1. The Morgan fingerprint density at radius 2 is 1.60 bits per heavy atom. The Morgan fingerprint density at radius 1 is 0.927 bits per heavy atom. The maximum atomic E-state index is 14.5. The number of Topliss-reactive ketones (excluding diaryl/α,β-unsaturated/α-hetero) is 1. The Balaban J connectivity index is 1.72. The minimum atomic E-state index is -1.95. The van der Waals surface area contributed by atoms with Gasteiger partial charge in [0.15, 0.2) is 5.75 Å². The molecule has 2 aromatic carbocycles. The predicted octanol–water partition coefficient (Wildman–Crippen LogP) is 5.95. The van der Waals surface area contributed by atoms with Crippen molar-refractivity contribution in [3.8, 4) is 17.2 Å². The molecule has 3 aliphatic rings. The summed E-state index contributed by atoms with van der Waals surface area (Å²) in [4.78, 5) is 45.0. The lowest BCUT2D eigenvalue weighted by Crippen LogP contribution is -2.46. The van der Waals surface area contributed by atoms with Crippen LogP contribution < -0.4 is 15.4 Å². The number of aromatic hydroxyl groups is 2. The number of carbonyl (C=O) groups is 3. The molecule has 0 aliphatic carbocycles. The molecule has 0 spiro atoms. The monoisotopic (exact) mass is 763 g/mol. The molecule has 298 valence electrons. The predicted molar refractivity (Wildman–Crippen MR) is 208 cm³/mol. The normalized spacial score (nSPS) is 31.0. The van der Waals surface area contributed by atoms with Crippen LogP contribution >= 0.6 is 0 Å². The number of fused-ring (bicyclic) bond motifs is 1. The Morgan fingerprint density at radius 3 is 2.24 bits per heavy atom. The van der Waals surface area contributed by atoms with Crippen LogP contribution in [0.5, 0.6) is 17.2 Å². The topological polar surface area (TPSA) is 205 Å². The number of aliphatic imine (C=N–C) groups is 1. The van der Waals surface area contributed by atoms with Crippen molar-refractivity contribution in [3.05, 3.63) is 47.3 Å². The first-order valence-corrected chi connectivity index (χ1v) is 18.4. The van der Waals surface area contributed by atoms with Crippen LogP contribution in [0.15, 0.2) is 41.1 Å². The second-order valence-corrected chi connectivity index (χ2v) is 15.7. The average Bonchev–Trinajstić information content (AvgIpc) is 3.39. The minimum absolute atomic E-state index is 0.0292. The Labute approximate surface area is 320 Å². The summed E-state index contributed by atoms with van der Waals surface area (Å²) in [6.45, 7) is 16.5. The van der Waals surface area contributed by atoms with Gasteiger partial charge in [-0.1, -0.05) is 45.9 Å². The number of methoxy groups -OCH3 is 1. The lowest BCUT2D eigenvalue weighted by atomic mass is 9.78. The highest BCUT2D eigenvalue weighted by Crippen LogP contribution is 2.58. The molecular formula is C41H53N3O11. The fourth-order valence-electron chi connectivity index (χ4n) is 7.56. The summed E-state index contributed by atoms with van der Waals surface area (Å²) in [5, 5.41) is 52.3. The number of aliphatic hydroxyl groups excluding tert-OH is 2. The van der Waals surface area contributed by atoms with E-state index in [1.54, 1.807) is 53.0 Å². The fourth-order valence-corrected chi connectivity index (χ4v) is 7.56. The Kier molecular flexibility index (Phi) is 11.5. The van der Waals surface area contributed by atoms with Crippen LogP contribution in [0.2, 0.25) is 0 Å². The number of hydrogen-bond donors (Lipinski definition) is 6. The molecule has 9 atom stereocenters.